The average Bonchev–Trinajstić information content (AvgIpc) is 3.10. The van der Waals surface area contributed by atoms with Crippen molar-refractivity contribution in [3.63, 3.8) is 0 Å². The maximum Gasteiger partial charge on any atom is 0.268 e. The number of hydrogen-bond donors (Lipinski definition) is 1. The van der Waals surface area contributed by atoms with Crippen LogP contribution in [0.5, 0.6) is 0 Å². The topological polar surface area (TPSA) is 77.6 Å². The summed E-state index contributed by atoms with van der Waals surface area (Å²) in [6, 6.07) is 5.65. The first-order valence-corrected chi connectivity index (χ1v) is 10.8. The molecule has 160 valence electrons. The molecule has 1 amide bonds. The third-order valence-electron chi connectivity index (χ3n) is 6.28. The van der Waals surface area contributed by atoms with E-state index in [4.69, 9.17) is 9.72 Å². The highest BCUT2D eigenvalue weighted by atomic mass is 16.5. The molecule has 3 aromatic rings. The monoisotopic (exact) mass is 410 g/mol. The standard InChI is InChI=1S/C23H30N4O3/c1-15-8-4-5-10-18(15)24-22(28)19-14-17-21(26(19)12-7-13-30-3)25-20-16(2)9-6-11-27(20)23(17)29/h6,9,11,14-15,18H,4-5,7-8,10,12-13H2,1-3H3,(H,24,28)/t15-,18+/m0/s1. The van der Waals surface area contributed by atoms with Crippen molar-refractivity contribution in [3.8, 4) is 0 Å². The molecule has 7 heteroatoms. The number of aryl methyl sites for hydroxylation is 2. The number of methoxy groups -OCH3 is 1. The van der Waals surface area contributed by atoms with Crippen LogP contribution in [0.25, 0.3) is 16.7 Å². The van der Waals surface area contributed by atoms with E-state index >= 15 is 0 Å². The highest BCUT2D eigenvalue weighted by molar-refractivity contribution is 5.98. The molecule has 1 aliphatic rings. The largest absolute Gasteiger partial charge is 0.385 e. The molecule has 0 aliphatic heterocycles. The lowest BCUT2D eigenvalue weighted by molar-refractivity contribution is 0.0900. The summed E-state index contributed by atoms with van der Waals surface area (Å²) in [5.41, 5.74) is 2.45. The molecular formula is C23H30N4O3. The Labute approximate surface area is 176 Å². The maximum atomic E-state index is 13.3. The van der Waals surface area contributed by atoms with Gasteiger partial charge >= 0.3 is 0 Å². The molecule has 1 saturated carbocycles. The summed E-state index contributed by atoms with van der Waals surface area (Å²) in [7, 11) is 1.66. The zero-order valence-electron chi connectivity index (χ0n) is 18.0. The Hall–Kier alpha value is -2.67. The number of hydrogen-bond acceptors (Lipinski definition) is 4. The van der Waals surface area contributed by atoms with Gasteiger partial charge in [-0.25, -0.2) is 4.98 Å². The lowest BCUT2D eigenvalue weighted by Crippen LogP contribution is -2.41. The minimum absolute atomic E-state index is 0.130. The van der Waals surface area contributed by atoms with Crippen LogP contribution in [0.3, 0.4) is 0 Å². The van der Waals surface area contributed by atoms with Gasteiger partial charge in [-0.1, -0.05) is 25.8 Å². The van der Waals surface area contributed by atoms with E-state index in [2.05, 4.69) is 12.2 Å². The molecule has 0 aromatic carbocycles. The predicted octanol–water partition coefficient (Wildman–Crippen LogP) is 3.30. The fourth-order valence-corrected chi connectivity index (χ4v) is 4.52. The SMILES string of the molecule is COCCCn1c(C(=O)N[C@@H]2CCCC[C@@H]2C)cc2c(=O)n3cccc(C)c3nc21. The van der Waals surface area contributed by atoms with E-state index in [9.17, 15) is 9.59 Å². The van der Waals surface area contributed by atoms with Crippen molar-refractivity contribution in [3.05, 3.63) is 46.0 Å². The summed E-state index contributed by atoms with van der Waals surface area (Å²) >= 11 is 0. The summed E-state index contributed by atoms with van der Waals surface area (Å²) in [4.78, 5) is 31.2. The van der Waals surface area contributed by atoms with E-state index in [0.717, 1.165) is 31.2 Å². The van der Waals surface area contributed by atoms with Crippen LogP contribution in [-0.2, 0) is 11.3 Å². The Kier molecular flexibility index (Phi) is 5.90. The molecule has 30 heavy (non-hydrogen) atoms. The van der Waals surface area contributed by atoms with Crippen LogP contribution in [0, 0.1) is 12.8 Å². The summed E-state index contributed by atoms with van der Waals surface area (Å²) in [6.45, 7) is 5.27. The van der Waals surface area contributed by atoms with Crippen LogP contribution in [0.1, 0.15) is 55.1 Å². The van der Waals surface area contributed by atoms with Crippen molar-refractivity contribution in [2.24, 2.45) is 5.92 Å². The lowest BCUT2D eigenvalue weighted by atomic mass is 9.86. The number of carbonyl (C=O) groups is 1. The summed E-state index contributed by atoms with van der Waals surface area (Å²) < 4.78 is 8.64. The van der Waals surface area contributed by atoms with Gasteiger partial charge in [0.2, 0.25) is 0 Å². The van der Waals surface area contributed by atoms with Crippen molar-refractivity contribution < 1.29 is 9.53 Å². The normalized spacial score (nSPS) is 19.4. The Morgan fingerprint density at radius 1 is 1.30 bits per heavy atom. The molecule has 3 aromatic heterocycles. The molecule has 7 nitrogen and oxygen atoms in total. The van der Waals surface area contributed by atoms with Gasteiger partial charge in [-0.15, -0.1) is 0 Å². The third kappa shape index (κ3) is 3.74. The smallest absolute Gasteiger partial charge is 0.268 e. The van der Waals surface area contributed by atoms with Gasteiger partial charge in [0.25, 0.3) is 11.5 Å². The zero-order valence-corrected chi connectivity index (χ0v) is 18.0. The predicted molar refractivity (Wildman–Crippen MR) is 117 cm³/mol. The van der Waals surface area contributed by atoms with Crippen LogP contribution in [0.4, 0.5) is 0 Å². The van der Waals surface area contributed by atoms with E-state index in [1.165, 1.54) is 6.42 Å². The Balaban J connectivity index is 1.81. The molecule has 1 aliphatic carbocycles. The number of fused-ring (bicyclic) bond motifs is 2. The summed E-state index contributed by atoms with van der Waals surface area (Å²) in [5.74, 6) is 0.331. The Bertz CT molecular complexity index is 1130. The van der Waals surface area contributed by atoms with E-state index in [1.807, 2.05) is 23.6 Å². The fourth-order valence-electron chi connectivity index (χ4n) is 4.52. The fraction of sp³-hybridized carbons (Fsp3) is 0.522. The molecule has 0 spiro atoms. The molecule has 3 heterocycles. The molecule has 0 unspecified atom stereocenters. The number of nitrogens with one attached hydrogen (secondary N) is 1. The second kappa shape index (κ2) is 8.60. The summed E-state index contributed by atoms with van der Waals surface area (Å²) in [6.07, 6.45) is 6.95. The van der Waals surface area contributed by atoms with Gasteiger partial charge < -0.3 is 14.6 Å². The second-order valence-electron chi connectivity index (χ2n) is 8.41. The van der Waals surface area contributed by atoms with Crippen molar-refractivity contribution in [2.75, 3.05) is 13.7 Å². The van der Waals surface area contributed by atoms with Crippen molar-refractivity contribution in [1.82, 2.24) is 19.3 Å². The quantitative estimate of drug-likeness (QED) is 0.633. The number of nitrogens with zero attached hydrogens (tertiary/aromatic N) is 3. The molecule has 1 fully saturated rings. The van der Waals surface area contributed by atoms with Gasteiger partial charge in [0, 0.05) is 32.5 Å². The number of ether oxygens (including phenoxy) is 1. The van der Waals surface area contributed by atoms with E-state index in [1.54, 1.807) is 23.8 Å². The highest BCUT2D eigenvalue weighted by Crippen LogP contribution is 2.25. The lowest BCUT2D eigenvalue weighted by Gasteiger charge is -2.29. The van der Waals surface area contributed by atoms with Crippen LogP contribution in [0.2, 0.25) is 0 Å². The van der Waals surface area contributed by atoms with E-state index in [-0.39, 0.29) is 17.5 Å². The second-order valence-corrected chi connectivity index (χ2v) is 8.41. The molecular weight excluding hydrogens is 380 g/mol. The number of aromatic nitrogens is 3. The van der Waals surface area contributed by atoms with Crippen LogP contribution < -0.4 is 10.9 Å². The van der Waals surface area contributed by atoms with Gasteiger partial charge in [0.05, 0.1) is 5.39 Å². The number of rotatable bonds is 6. The number of pyridine rings is 1. The number of amides is 1. The molecule has 0 radical (unpaired) electrons. The van der Waals surface area contributed by atoms with Crippen LogP contribution in [-0.4, -0.2) is 39.6 Å². The first kappa shape index (κ1) is 20.6. The Morgan fingerprint density at radius 3 is 2.87 bits per heavy atom. The molecule has 1 N–H and O–H groups in total. The minimum Gasteiger partial charge on any atom is -0.385 e. The van der Waals surface area contributed by atoms with Gasteiger partial charge in [-0.3, -0.25) is 14.0 Å². The van der Waals surface area contributed by atoms with Gasteiger partial charge in [0.15, 0.2) is 0 Å². The van der Waals surface area contributed by atoms with Crippen LogP contribution >= 0.6 is 0 Å². The van der Waals surface area contributed by atoms with E-state index < -0.39 is 0 Å². The minimum atomic E-state index is -0.149. The van der Waals surface area contributed by atoms with Gasteiger partial charge in [0.1, 0.15) is 17.0 Å². The first-order chi connectivity index (χ1) is 14.5. The summed E-state index contributed by atoms with van der Waals surface area (Å²) in [5, 5.41) is 3.69. The number of carbonyl (C=O) groups excluding carboxylic acids is 1. The Morgan fingerprint density at radius 2 is 2.10 bits per heavy atom. The first-order valence-electron chi connectivity index (χ1n) is 10.8. The third-order valence-corrected chi connectivity index (χ3v) is 6.28. The molecule has 2 atom stereocenters. The zero-order chi connectivity index (χ0) is 21.3. The van der Waals surface area contributed by atoms with Gasteiger partial charge in [-0.05, 0) is 49.8 Å². The van der Waals surface area contributed by atoms with E-state index in [0.29, 0.717) is 41.4 Å². The average molecular weight is 411 g/mol. The highest BCUT2D eigenvalue weighted by Gasteiger charge is 2.26. The molecule has 0 bridgehead atoms. The van der Waals surface area contributed by atoms with Crippen molar-refractivity contribution >= 4 is 22.6 Å². The van der Waals surface area contributed by atoms with Crippen molar-refractivity contribution in [2.45, 2.75) is 58.5 Å². The van der Waals surface area contributed by atoms with Crippen LogP contribution in [0.15, 0.2) is 29.2 Å². The molecule has 0 saturated heterocycles. The maximum absolute atomic E-state index is 13.3. The molecule has 4 rings (SSSR count). The van der Waals surface area contributed by atoms with Crippen molar-refractivity contribution in [1.29, 1.82) is 0 Å². The van der Waals surface area contributed by atoms with Gasteiger partial charge in [-0.2, -0.15) is 0 Å².